The SMILES string of the molecule is Cc1cc(-n2ccc(NC(=O)N3CCN(C(=O)[C@@H](N)C(C)O)CC3)nc2=O)ccc1CCN1CCCC(N)CC1. The molecule has 0 spiro atoms. The number of aryl methyl sites for hydroxylation is 1. The van der Waals surface area contributed by atoms with Crippen LogP contribution in [0.5, 0.6) is 0 Å². The predicted octanol–water partition coefficient (Wildman–Crippen LogP) is 0.281. The molecule has 12 nitrogen and oxygen atoms in total. The lowest BCUT2D eigenvalue weighted by molar-refractivity contribution is -0.136. The van der Waals surface area contributed by atoms with Gasteiger partial charge in [0.1, 0.15) is 11.9 Å². The van der Waals surface area contributed by atoms with Gasteiger partial charge in [0, 0.05) is 45.0 Å². The predicted molar refractivity (Wildman–Crippen MR) is 153 cm³/mol. The molecular weight excluding hydrogens is 512 g/mol. The number of aliphatic hydroxyl groups is 1. The number of urea groups is 1. The molecule has 0 saturated carbocycles. The number of anilines is 1. The zero-order valence-electron chi connectivity index (χ0n) is 23.5. The van der Waals surface area contributed by atoms with Crippen LogP contribution >= 0.6 is 0 Å². The van der Waals surface area contributed by atoms with Crippen molar-refractivity contribution in [1.29, 1.82) is 0 Å². The van der Waals surface area contributed by atoms with Crippen molar-refractivity contribution in [1.82, 2.24) is 24.3 Å². The largest absolute Gasteiger partial charge is 0.391 e. The number of benzene rings is 1. The fraction of sp³-hybridized carbons (Fsp3) is 0.571. The van der Waals surface area contributed by atoms with Gasteiger partial charge in [-0.15, -0.1) is 0 Å². The maximum absolute atomic E-state index is 12.8. The Kier molecular flexibility index (Phi) is 9.90. The highest BCUT2D eigenvalue weighted by molar-refractivity contribution is 5.88. The lowest BCUT2D eigenvalue weighted by Crippen LogP contribution is -2.57. The maximum Gasteiger partial charge on any atom is 0.354 e. The van der Waals surface area contributed by atoms with E-state index in [0.29, 0.717) is 37.9 Å². The number of nitrogens with zero attached hydrogens (tertiary/aromatic N) is 5. The molecule has 4 rings (SSSR count). The normalized spacial score (nSPS) is 20.1. The third-order valence-electron chi connectivity index (χ3n) is 7.89. The van der Waals surface area contributed by atoms with E-state index in [2.05, 4.69) is 28.2 Å². The Balaban J connectivity index is 1.32. The second-order valence-corrected chi connectivity index (χ2v) is 10.9. The summed E-state index contributed by atoms with van der Waals surface area (Å²) in [5.74, 6) is -0.183. The molecule has 2 aliphatic heterocycles. The van der Waals surface area contributed by atoms with E-state index in [1.54, 1.807) is 22.1 Å². The van der Waals surface area contributed by atoms with Crippen molar-refractivity contribution in [2.75, 3.05) is 51.1 Å². The average molecular weight is 555 g/mol. The number of hydrogen-bond donors (Lipinski definition) is 4. The van der Waals surface area contributed by atoms with Gasteiger partial charge in [0.2, 0.25) is 5.91 Å². The number of carbonyl (C=O) groups excluding carboxylic acids is 2. The van der Waals surface area contributed by atoms with Gasteiger partial charge in [-0.25, -0.2) is 9.59 Å². The molecule has 2 aliphatic rings. The Bertz CT molecular complexity index is 1240. The summed E-state index contributed by atoms with van der Waals surface area (Å²) in [5, 5.41) is 12.2. The first-order valence-corrected chi connectivity index (χ1v) is 14.1. The summed E-state index contributed by atoms with van der Waals surface area (Å²) in [7, 11) is 0. The molecule has 6 N–H and O–H groups in total. The van der Waals surface area contributed by atoms with Crippen LogP contribution < -0.4 is 22.5 Å². The summed E-state index contributed by atoms with van der Waals surface area (Å²) < 4.78 is 1.46. The molecular formula is C28H42N8O4. The Labute approximate surface area is 234 Å². The zero-order valence-corrected chi connectivity index (χ0v) is 23.5. The van der Waals surface area contributed by atoms with Gasteiger partial charge in [-0.2, -0.15) is 4.98 Å². The molecule has 0 bridgehead atoms. The Morgan fingerprint density at radius 3 is 2.50 bits per heavy atom. The molecule has 0 aliphatic carbocycles. The van der Waals surface area contributed by atoms with E-state index in [1.807, 2.05) is 12.1 Å². The zero-order chi connectivity index (χ0) is 28.8. The number of piperazine rings is 1. The van der Waals surface area contributed by atoms with Crippen LogP contribution in [0, 0.1) is 6.92 Å². The van der Waals surface area contributed by atoms with Gasteiger partial charge in [0.05, 0.1) is 11.8 Å². The number of nitrogens with one attached hydrogen (secondary N) is 1. The molecule has 3 atom stereocenters. The van der Waals surface area contributed by atoms with Crippen molar-refractivity contribution in [2.45, 2.75) is 57.7 Å². The standard InChI is InChI=1S/C28H42N8O4/c1-19-18-23(6-5-21(19)7-11-33-10-3-4-22(29)8-12-33)36-13-9-24(32-28(36)40)31-27(39)35-16-14-34(15-17-35)26(38)25(30)20(2)37/h5-6,9,13,18,20,22,25,37H,3-4,7-8,10-12,14-17,29-30H2,1-2H3,(H,31,32,39,40)/t20?,22?,25-/m0/s1. The van der Waals surface area contributed by atoms with Gasteiger partial charge in [-0.05, 0) is 81.9 Å². The fourth-order valence-corrected chi connectivity index (χ4v) is 5.20. The van der Waals surface area contributed by atoms with Crippen LogP contribution in [-0.2, 0) is 11.2 Å². The third-order valence-corrected chi connectivity index (χ3v) is 7.89. The summed E-state index contributed by atoms with van der Waals surface area (Å²) >= 11 is 0. The Morgan fingerprint density at radius 2 is 1.82 bits per heavy atom. The summed E-state index contributed by atoms with van der Waals surface area (Å²) in [4.78, 5) is 47.5. The van der Waals surface area contributed by atoms with Gasteiger partial charge in [0.15, 0.2) is 0 Å². The van der Waals surface area contributed by atoms with E-state index in [1.165, 1.54) is 17.1 Å². The second kappa shape index (κ2) is 13.4. The van der Waals surface area contributed by atoms with Crippen molar-refractivity contribution >= 4 is 17.8 Å². The Hall–Kier alpha value is -3.32. The Morgan fingerprint density at radius 1 is 1.10 bits per heavy atom. The lowest BCUT2D eigenvalue weighted by Gasteiger charge is -2.36. The fourth-order valence-electron chi connectivity index (χ4n) is 5.20. The van der Waals surface area contributed by atoms with Gasteiger partial charge in [-0.3, -0.25) is 14.7 Å². The molecule has 12 heteroatoms. The van der Waals surface area contributed by atoms with Crippen LogP contribution in [0.2, 0.25) is 0 Å². The monoisotopic (exact) mass is 554 g/mol. The number of aromatic nitrogens is 2. The topological polar surface area (TPSA) is 163 Å². The molecule has 40 heavy (non-hydrogen) atoms. The smallest absolute Gasteiger partial charge is 0.354 e. The van der Waals surface area contributed by atoms with Crippen LogP contribution in [-0.4, -0.2) is 105 Å². The number of hydrogen-bond acceptors (Lipinski definition) is 8. The van der Waals surface area contributed by atoms with E-state index in [4.69, 9.17) is 11.5 Å². The molecule has 2 unspecified atom stereocenters. The van der Waals surface area contributed by atoms with Crippen LogP contribution in [0.25, 0.3) is 5.69 Å². The average Bonchev–Trinajstić information content (AvgIpc) is 3.15. The van der Waals surface area contributed by atoms with Crippen molar-refractivity contribution in [3.05, 3.63) is 52.1 Å². The molecule has 218 valence electrons. The highest BCUT2D eigenvalue weighted by atomic mass is 16.3. The first-order chi connectivity index (χ1) is 19.1. The van der Waals surface area contributed by atoms with Gasteiger partial charge < -0.3 is 31.3 Å². The van der Waals surface area contributed by atoms with Crippen LogP contribution in [0.4, 0.5) is 10.6 Å². The molecule has 3 amide bonds. The van der Waals surface area contributed by atoms with E-state index < -0.39 is 23.9 Å². The molecule has 1 aromatic heterocycles. The minimum atomic E-state index is -0.986. The number of rotatable bonds is 7. The first-order valence-electron chi connectivity index (χ1n) is 14.1. The van der Waals surface area contributed by atoms with E-state index >= 15 is 0 Å². The van der Waals surface area contributed by atoms with Crippen LogP contribution in [0.15, 0.2) is 35.3 Å². The maximum atomic E-state index is 12.8. The van der Waals surface area contributed by atoms with Gasteiger partial charge in [-0.1, -0.05) is 6.07 Å². The van der Waals surface area contributed by atoms with Crippen LogP contribution in [0.3, 0.4) is 0 Å². The summed E-state index contributed by atoms with van der Waals surface area (Å²) in [6.07, 6.45) is 4.88. The number of carbonyl (C=O) groups is 2. The first kappa shape index (κ1) is 29.7. The van der Waals surface area contributed by atoms with E-state index in [-0.39, 0.29) is 11.7 Å². The van der Waals surface area contributed by atoms with E-state index in [9.17, 15) is 19.5 Å². The van der Waals surface area contributed by atoms with Crippen molar-refractivity contribution in [3.8, 4) is 5.69 Å². The second-order valence-electron chi connectivity index (χ2n) is 10.9. The number of aliphatic hydroxyl groups excluding tert-OH is 1. The highest BCUT2D eigenvalue weighted by Gasteiger charge is 2.29. The molecule has 1 aromatic carbocycles. The molecule has 0 radical (unpaired) electrons. The molecule has 2 fully saturated rings. The number of nitrogens with two attached hydrogens (primary N) is 2. The van der Waals surface area contributed by atoms with Crippen molar-refractivity contribution in [3.63, 3.8) is 0 Å². The molecule has 2 saturated heterocycles. The lowest BCUT2D eigenvalue weighted by atomic mass is 10.0. The van der Waals surface area contributed by atoms with Crippen LogP contribution in [0.1, 0.15) is 37.3 Å². The minimum absolute atomic E-state index is 0.159. The quantitative estimate of drug-likeness (QED) is 0.379. The summed E-state index contributed by atoms with van der Waals surface area (Å²) in [6, 6.07) is 6.49. The van der Waals surface area contributed by atoms with Gasteiger partial charge in [0.25, 0.3) is 0 Å². The highest BCUT2D eigenvalue weighted by Crippen LogP contribution is 2.17. The number of likely N-dealkylation sites (tertiary alicyclic amines) is 1. The molecule has 2 aromatic rings. The summed E-state index contributed by atoms with van der Waals surface area (Å²) in [5.41, 5.74) is 14.4. The third kappa shape index (κ3) is 7.45. The summed E-state index contributed by atoms with van der Waals surface area (Å²) in [6.45, 7) is 7.86. The van der Waals surface area contributed by atoms with Crippen molar-refractivity contribution in [2.24, 2.45) is 11.5 Å². The number of amides is 3. The minimum Gasteiger partial charge on any atom is -0.391 e. The molecule has 3 heterocycles. The van der Waals surface area contributed by atoms with E-state index in [0.717, 1.165) is 50.9 Å². The van der Waals surface area contributed by atoms with Gasteiger partial charge >= 0.3 is 11.7 Å². The van der Waals surface area contributed by atoms with Crippen molar-refractivity contribution < 1.29 is 14.7 Å².